The number of nitrogens with two attached hydrogens (primary N) is 1. The maximum atomic E-state index is 5.86. The minimum absolute atomic E-state index is 0.282. The highest BCUT2D eigenvalue weighted by Gasteiger charge is 2.21. The summed E-state index contributed by atoms with van der Waals surface area (Å²) < 4.78 is 5.86. The summed E-state index contributed by atoms with van der Waals surface area (Å²) in [4.78, 5) is 4.70. The fraction of sp³-hybridized carbons (Fsp3) is 0.600. The maximum absolute atomic E-state index is 5.86. The molecular formula is C15H25N3O. The zero-order valence-corrected chi connectivity index (χ0v) is 12.0. The van der Waals surface area contributed by atoms with Crippen LogP contribution >= 0.6 is 0 Å². The number of hydrogen-bond acceptors (Lipinski definition) is 4. The van der Waals surface area contributed by atoms with E-state index >= 15 is 0 Å². The van der Waals surface area contributed by atoms with E-state index in [1.54, 1.807) is 0 Å². The summed E-state index contributed by atoms with van der Waals surface area (Å²) >= 11 is 0. The van der Waals surface area contributed by atoms with Gasteiger partial charge < -0.3 is 15.4 Å². The Kier molecular flexibility index (Phi) is 5.19. The Hall–Kier alpha value is -1.10. The summed E-state index contributed by atoms with van der Waals surface area (Å²) in [6.45, 7) is 7.70. The number of likely N-dealkylation sites (N-methyl/N-ethyl adjacent to an activating group) is 2. The number of ether oxygens (including phenoxy) is 1. The third-order valence-electron chi connectivity index (χ3n) is 3.77. The first-order valence-electron chi connectivity index (χ1n) is 7.07. The molecular weight excluding hydrogens is 238 g/mol. The van der Waals surface area contributed by atoms with Crippen molar-refractivity contribution in [3.8, 4) is 0 Å². The van der Waals surface area contributed by atoms with Crippen molar-refractivity contribution in [3.05, 3.63) is 29.8 Å². The van der Waals surface area contributed by atoms with E-state index in [4.69, 9.17) is 10.5 Å². The van der Waals surface area contributed by atoms with Gasteiger partial charge in [-0.3, -0.25) is 4.90 Å². The Labute approximate surface area is 116 Å². The molecule has 1 aromatic carbocycles. The Balaban J connectivity index is 1.98. The van der Waals surface area contributed by atoms with Crippen molar-refractivity contribution in [2.75, 3.05) is 44.7 Å². The highest BCUT2D eigenvalue weighted by molar-refractivity contribution is 5.53. The van der Waals surface area contributed by atoms with Gasteiger partial charge in [0.2, 0.25) is 0 Å². The van der Waals surface area contributed by atoms with E-state index < -0.39 is 0 Å². The molecule has 0 amide bonds. The lowest BCUT2D eigenvalue weighted by Crippen LogP contribution is -2.47. The predicted octanol–water partition coefficient (Wildman–Crippen LogP) is 1.30. The summed E-state index contributed by atoms with van der Waals surface area (Å²) in [6, 6.07) is 8.31. The topological polar surface area (TPSA) is 41.7 Å². The molecule has 0 bridgehead atoms. The van der Waals surface area contributed by atoms with Crippen molar-refractivity contribution in [1.29, 1.82) is 0 Å². The van der Waals surface area contributed by atoms with Gasteiger partial charge in [0, 0.05) is 38.9 Å². The minimum Gasteiger partial charge on any atom is -0.374 e. The van der Waals surface area contributed by atoms with Crippen molar-refractivity contribution in [2.24, 2.45) is 5.73 Å². The van der Waals surface area contributed by atoms with Crippen LogP contribution in [0, 0.1) is 0 Å². The zero-order chi connectivity index (χ0) is 13.7. The largest absolute Gasteiger partial charge is 0.374 e. The van der Waals surface area contributed by atoms with E-state index in [0.717, 1.165) is 32.8 Å². The van der Waals surface area contributed by atoms with Crippen molar-refractivity contribution in [2.45, 2.75) is 19.6 Å². The molecule has 2 rings (SSSR count). The lowest BCUT2D eigenvalue weighted by molar-refractivity contribution is -0.0216. The van der Waals surface area contributed by atoms with Crippen molar-refractivity contribution in [3.63, 3.8) is 0 Å². The van der Waals surface area contributed by atoms with Crippen molar-refractivity contribution < 1.29 is 4.74 Å². The van der Waals surface area contributed by atoms with Gasteiger partial charge in [0.1, 0.15) is 0 Å². The van der Waals surface area contributed by atoms with Gasteiger partial charge in [-0.1, -0.05) is 25.1 Å². The fourth-order valence-corrected chi connectivity index (χ4v) is 2.64. The second-order valence-electron chi connectivity index (χ2n) is 5.10. The van der Waals surface area contributed by atoms with Gasteiger partial charge in [0.25, 0.3) is 0 Å². The molecule has 1 saturated heterocycles. The second-order valence-corrected chi connectivity index (χ2v) is 5.10. The van der Waals surface area contributed by atoms with Crippen molar-refractivity contribution >= 4 is 5.69 Å². The van der Waals surface area contributed by atoms with E-state index in [2.05, 4.69) is 42.0 Å². The van der Waals surface area contributed by atoms with Gasteiger partial charge in [-0.15, -0.1) is 0 Å². The molecule has 4 heteroatoms. The minimum atomic E-state index is 0.282. The van der Waals surface area contributed by atoms with E-state index in [9.17, 15) is 0 Å². The van der Waals surface area contributed by atoms with Crippen LogP contribution in [0.4, 0.5) is 5.69 Å². The van der Waals surface area contributed by atoms with Gasteiger partial charge in [0.05, 0.1) is 12.7 Å². The number of rotatable bonds is 5. The Bertz CT molecular complexity index is 397. The van der Waals surface area contributed by atoms with Crippen LogP contribution in [0.1, 0.15) is 12.5 Å². The standard InChI is InChI=1S/C15H25N3O/c1-3-18-8-9-19-14(12-18)11-17(2)15-7-5-4-6-13(15)10-16/h4-7,14H,3,8-12,16H2,1-2H3. The van der Waals surface area contributed by atoms with Gasteiger partial charge in [-0.2, -0.15) is 0 Å². The molecule has 0 spiro atoms. The SMILES string of the molecule is CCN1CCOC(CN(C)c2ccccc2CN)C1. The van der Waals surface area contributed by atoms with Crippen LogP contribution in [0.25, 0.3) is 0 Å². The van der Waals surface area contributed by atoms with Gasteiger partial charge in [-0.05, 0) is 18.2 Å². The molecule has 106 valence electrons. The maximum Gasteiger partial charge on any atom is 0.0876 e. The van der Waals surface area contributed by atoms with Crippen LogP contribution in [-0.4, -0.2) is 50.8 Å². The number of anilines is 1. The number of nitrogens with zero attached hydrogens (tertiary/aromatic N) is 2. The molecule has 0 aliphatic carbocycles. The molecule has 19 heavy (non-hydrogen) atoms. The smallest absolute Gasteiger partial charge is 0.0876 e. The first-order valence-corrected chi connectivity index (χ1v) is 7.07. The van der Waals surface area contributed by atoms with E-state index in [1.165, 1.54) is 11.3 Å². The average Bonchev–Trinajstić information content (AvgIpc) is 2.47. The fourth-order valence-electron chi connectivity index (χ4n) is 2.64. The van der Waals surface area contributed by atoms with Gasteiger partial charge in [-0.25, -0.2) is 0 Å². The van der Waals surface area contributed by atoms with Crippen LogP contribution in [0.3, 0.4) is 0 Å². The average molecular weight is 263 g/mol. The van der Waals surface area contributed by atoms with E-state index in [0.29, 0.717) is 6.54 Å². The number of hydrogen-bond donors (Lipinski definition) is 1. The van der Waals surface area contributed by atoms with Crippen molar-refractivity contribution in [1.82, 2.24) is 4.90 Å². The number of para-hydroxylation sites is 1. The van der Waals surface area contributed by atoms with Crippen LogP contribution in [0.5, 0.6) is 0 Å². The molecule has 1 aromatic rings. The summed E-state index contributed by atoms with van der Waals surface area (Å²) in [6.07, 6.45) is 0.282. The predicted molar refractivity (Wildman–Crippen MR) is 79.5 cm³/mol. The molecule has 4 nitrogen and oxygen atoms in total. The highest BCUT2D eigenvalue weighted by atomic mass is 16.5. The molecule has 1 fully saturated rings. The molecule has 0 aromatic heterocycles. The zero-order valence-electron chi connectivity index (χ0n) is 12.0. The first-order chi connectivity index (χ1) is 9.24. The molecule has 1 atom stereocenters. The highest BCUT2D eigenvalue weighted by Crippen LogP contribution is 2.19. The Morgan fingerprint density at radius 1 is 1.42 bits per heavy atom. The summed E-state index contributed by atoms with van der Waals surface area (Å²) in [5, 5.41) is 0. The first kappa shape index (κ1) is 14.3. The molecule has 1 heterocycles. The molecule has 2 N–H and O–H groups in total. The van der Waals surface area contributed by atoms with Gasteiger partial charge >= 0.3 is 0 Å². The second kappa shape index (κ2) is 6.89. The Morgan fingerprint density at radius 2 is 2.21 bits per heavy atom. The quantitative estimate of drug-likeness (QED) is 0.869. The lowest BCUT2D eigenvalue weighted by Gasteiger charge is -2.35. The van der Waals surface area contributed by atoms with Gasteiger partial charge in [0.15, 0.2) is 0 Å². The molecule has 1 unspecified atom stereocenters. The number of morpholine rings is 1. The molecule has 1 aliphatic rings. The van der Waals surface area contributed by atoms with E-state index in [-0.39, 0.29) is 6.10 Å². The van der Waals surface area contributed by atoms with E-state index in [1.807, 2.05) is 6.07 Å². The summed E-state index contributed by atoms with van der Waals surface area (Å²) in [5.74, 6) is 0. The molecule has 0 radical (unpaired) electrons. The Morgan fingerprint density at radius 3 is 2.95 bits per heavy atom. The van der Waals surface area contributed by atoms with Crippen LogP contribution in [-0.2, 0) is 11.3 Å². The van der Waals surface area contributed by atoms with Crippen LogP contribution in [0.2, 0.25) is 0 Å². The monoisotopic (exact) mass is 263 g/mol. The third-order valence-corrected chi connectivity index (χ3v) is 3.77. The van der Waals surface area contributed by atoms with Crippen LogP contribution in [0.15, 0.2) is 24.3 Å². The molecule has 0 saturated carbocycles. The molecule has 1 aliphatic heterocycles. The summed E-state index contributed by atoms with van der Waals surface area (Å²) in [7, 11) is 2.11. The normalized spacial score (nSPS) is 20.5. The number of benzene rings is 1. The van der Waals surface area contributed by atoms with Crippen LogP contribution < -0.4 is 10.6 Å². The summed E-state index contributed by atoms with van der Waals surface area (Å²) in [5.41, 5.74) is 8.20. The lowest BCUT2D eigenvalue weighted by atomic mass is 10.1. The third kappa shape index (κ3) is 3.69.